The molecule has 0 saturated carbocycles. The van der Waals surface area contributed by atoms with E-state index in [0.717, 1.165) is 50.5 Å². The molecular formula is C25H34O3. The number of carbonyl (C=O) groups is 1. The molecule has 0 aliphatic carbocycles. The van der Waals surface area contributed by atoms with Gasteiger partial charge >= 0.3 is 5.97 Å². The van der Waals surface area contributed by atoms with Gasteiger partial charge in [0, 0.05) is 12.8 Å². The minimum atomic E-state index is -0.920. The SMILES string of the molecule is CCCCCC#CCC#CCCCCCCCc1cccc(OC)c1C(=O)O. The van der Waals surface area contributed by atoms with Crippen LogP contribution in [0.25, 0.3) is 0 Å². The van der Waals surface area contributed by atoms with Crippen LogP contribution in [0, 0.1) is 23.7 Å². The smallest absolute Gasteiger partial charge is 0.339 e. The van der Waals surface area contributed by atoms with Crippen molar-refractivity contribution in [2.75, 3.05) is 7.11 Å². The summed E-state index contributed by atoms with van der Waals surface area (Å²) in [5, 5.41) is 9.40. The summed E-state index contributed by atoms with van der Waals surface area (Å²) in [7, 11) is 1.51. The van der Waals surface area contributed by atoms with Gasteiger partial charge in [-0.1, -0.05) is 63.0 Å². The van der Waals surface area contributed by atoms with E-state index in [1.807, 2.05) is 12.1 Å². The van der Waals surface area contributed by atoms with Crippen LogP contribution in [-0.2, 0) is 6.42 Å². The van der Waals surface area contributed by atoms with Crippen LogP contribution in [0.3, 0.4) is 0 Å². The molecule has 0 radical (unpaired) electrons. The number of hydrogen-bond donors (Lipinski definition) is 1. The van der Waals surface area contributed by atoms with Crippen molar-refractivity contribution in [2.45, 2.75) is 84.0 Å². The van der Waals surface area contributed by atoms with Crippen molar-refractivity contribution in [3.05, 3.63) is 29.3 Å². The van der Waals surface area contributed by atoms with Crippen LogP contribution >= 0.6 is 0 Å². The number of rotatable bonds is 12. The molecule has 0 fully saturated rings. The zero-order chi connectivity index (χ0) is 20.5. The van der Waals surface area contributed by atoms with Gasteiger partial charge in [0.15, 0.2) is 0 Å². The monoisotopic (exact) mass is 382 g/mol. The van der Waals surface area contributed by atoms with Gasteiger partial charge in [-0.15, -0.1) is 11.8 Å². The molecule has 1 rings (SSSR count). The van der Waals surface area contributed by atoms with E-state index in [9.17, 15) is 9.90 Å². The van der Waals surface area contributed by atoms with E-state index >= 15 is 0 Å². The van der Waals surface area contributed by atoms with Crippen LogP contribution in [0.5, 0.6) is 5.75 Å². The number of benzene rings is 1. The third-order valence-electron chi connectivity index (χ3n) is 4.63. The fraction of sp³-hybridized carbons (Fsp3) is 0.560. The summed E-state index contributed by atoms with van der Waals surface area (Å²) in [5.41, 5.74) is 1.15. The number of methoxy groups -OCH3 is 1. The molecule has 1 aromatic rings. The first-order valence-corrected chi connectivity index (χ1v) is 10.5. The predicted octanol–water partition coefficient (Wildman–Crippen LogP) is 6.25. The molecule has 3 heteroatoms. The van der Waals surface area contributed by atoms with Crippen LogP contribution in [0.2, 0.25) is 0 Å². The van der Waals surface area contributed by atoms with Gasteiger partial charge in [-0.25, -0.2) is 4.79 Å². The molecule has 0 saturated heterocycles. The highest BCUT2D eigenvalue weighted by Gasteiger charge is 2.15. The van der Waals surface area contributed by atoms with Crippen molar-refractivity contribution in [1.29, 1.82) is 0 Å². The Morgan fingerprint density at radius 3 is 2.21 bits per heavy atom. The number of aryl methyl sites for hydroxylation is 1. The fourth-order valence-corrected chi connectivity index (χ4v) is 3.07. The second kappa shape index (κ2) is 15.6. The summed E-state index contributed by atoms with van der Waals surface area (Å²) < 4.78 is 5.17. The Bertz CT molecular complexity index is 698. The molecular weight excluding hydrogens is 348 g/mol. The van der Waals surface area contributed by atoms with Crippen LogP contribution in [0.1, 0.15) is 93.5 Å². The lowest BCUT2D eigenvalue weighted by molar-refractivity contribution is 0.0692. The molecule has 0 atom stereocenters. The van der Waals surface area contributed by atoms with Gasteiger partial charge in [-0.05, 0) is 37.3 Å². The Kier molecular flexibility index (Phi) is 13.2. The van der Waals surface area contributed by atoms with E-state index in [0.29, 0.717) is 17.7 Å². The van der Waals surface area contributed by atoms with Gasteiger partial charge < -0.3 is 9.84 Å². The maximum absolute atomic E-state index is 11.5. The van der Waals surface area contributed by atoms with E-state index in [4.69, 9.17) is 4.74 Å². The topological polar surface area (TPSA) is 46.5 Å². The summed E-state index contributed by atoms with van der Waals surface area (Å²) >= 11 is 0. The lowest BCUT2D eigenvalue weighted by Crippen LogP contribution is -2.05. The van der Waals surface area contributed by atoms with E-state index in [1.54, 1.807) is 6.07 Å². The number of unbranched alkanes of at least 4 members (excludes halogenated alkanes) is 8. The Balaban J connectivity index is 2.13. The largest absolute Gasteiger partial charge is 0.496 e. The number of ether oxygens (including phenoxy) is 1. The Labute approximate surface area is 170 Å². The minimum absolute atomic E-state index is 0.300. The highest BCUT2D eigenvalue weighted by molar-refractivity contribution is 5.92. The zero-order valence-electron chi connectivity index (χ0n) is 17.5. The Hall–Kier alpha value is -2.39. The van der Waals surface area contributed by atoms with Crippen LogP contribution in [0.4, 0.5) is 0 Å². The molecule has 0 aliphatic rings. The first-order valence-electron chi connectivity index (χ1n) is 10.5. The molecule has 152 valence electrons. The molecule has 1 aromatic carbocycles. The van der Waals surface area contributed by atoms with Crippen molar-refractivity contribution in [3.8, 4) is 29.4 Å². The van der Waals surface area contributed by atoms with E-state index in [1.165, 1.54) is 32.8 Å². The van der Waals surface area contributed by atoms with Gasteiger partial charge in [0.2, 0.25) is 0 Å². The third kappa shape index (κ3) is 10.1. The van der Waals surface area contributed by atoms with Crippen LogP contribution < -0.4 is 4.74 Å². The molecule has 0 unspecified atom stereocenters. The van der Waals surface area contributed by atoms with Gasteiger partial charge in [-0.2, -0.15) is 0 Å². The molecule has 0 spiro atoms. The summed E-state index contributed by atoms with van der Waals surface area (Å²) in [6.07, 6.45) is 12.7. The number of hydrogen-bond acceptors (Lipinski definition) is 2. The zero-order valence-corrected chi connectivity index (χ0v) is 17.5. The summed E-state index contributed by atoms with van der Waals surface area (Å²) in [4.78, 5) is 11.5. The van der Waals surface area contributed by atoms with Crippen molar-refractivity contribution < 1.29 is 14.6 Å². The molecule has 28 heavy (non-hydrogen) atoms. The van der Waals surface area contributed by atoms with E-state index < -0.39 is 5.97 Å². The van der Waals surface area contributed by atoms with E-state index in [2.05, 4.69) is 30.6 Å². The first kappa shape index (κ1) is 23.6. The number of carboxylic acid groups (broad SMARTS) is 1. The molecule has 0 heterocycles. The molecule has 0 bridgehead atoms. The van der Waals surface area contributed by atoms with Crippen LogP contribution in [0.15, 0.2) is 18.2 Å². The standard InChI is InChI=1S/C25H34O3/c1-3-4-5-6-7-8-9-10-11-12-13-14-15-16-17-19-22-20-18-21-23(28-2)24(22)25(26)27/h18,20-21H,3-6,9,12-17,19H2,1-2H3,(H,26,27). The summed E-state index contributed by atoms with van der Waals surface area (Å²) in [6, 6.07) is 5.44. The van der Waals surface area contributed by atoms with Gasteiger partial charge in [0.25, 0.3) is 0 Å². The second-order valence-corrected chi connectivity index (χ2v) is 6.91. The average Bonchev–Trinajstić information content (AvgIpc) is 2.70. The third-order valence-corrected chi connectivity index (χ3v) is 4.63. The molecule has 1 N–H and O–H groups in total. The normalized spacial score (nSPS) is 9.79. The highest BCUT2D eigenvalue weighted by Crippen LogP contribution is 2.24. The Morgan fingerprint density at radius 1 is 0.929 bits per heavy atom. The average molecular weight is 383 g/mol. The lowest BCUT2D eigenvalue weighted by Gasteiger charge is -2.10. The van der Waals surface area contributed by atoms with Crippen molar-refractivity contribution >= 4 is 5.97 Å². The summed E-state index contributed by atoms with van der Waals surface area (Å²) in [5.74, 6) is 12.2. The molecule has 3 nitrogen and oxygen atoms in total. The van der Waals surface area contributed by atoms with Crippen molar-refractivity contribution in [2.24, 2.45) is 0 Å². The fourth-order valence-electron chi connectivity index (χ4n) is 3.07. The maximum atomic E-state index is 11.5. The first-order chi connectivity index (χ1) is 13.7. The molecule has 0 aromatic heterocycles. The van der Waals surface area contributed by atoms with Gasteiger partial charge in [-0.3, -0.25) is 0 Å². The maximum Gasteiger partial charge on any atom is 0.339 e. The predicted molar refractivity (Wildman–Crippen MR) is 116 cm³/mol. The summed E-state index contributed by atoms with van der Waals surface area (Å²) in [6.45, 7) is 2.20. The van der Waals surface area contributed by atoms with Crippen LogP contribution in [-0.4, -0.2) is 18.2 Å². The number of aromatic carboxylic acids is 1. The van der Waals surface area contributed by atoms with Crippen molar-refractivity contribution in [1.82, 2.24) is 0 Å². The van der Waals surface area contributed by atoms with E-state index in [-0.39, 0.29) is 0 Å². The molecule has 0 aliphatic heterocycles. The van der Waals surface area contributed by atoms with Gasteiger partial charge in [0.1, 0.15) is 11.3 Å². The highest BCUT2D eigenvalue weighted by atomic mass is 16.5. The number of carboxylic acids is 1. The quantitative estimate of drug-likeness (QED) is 0.343. The minimum Gasteiger partial charge on any atom is -0.496 e. The lowest BCUT2D eigenvalue weighted by atomic mass is 9.99. The molecule has 0 amide bonds. The Morgan fingerprint density at radius 2 is 1.57 bits per heavy atom. The van der Waals surface area contributed by atoms with Gasteiger partial charge in [0.05, 0.1) is 13.5 Å². The van der Waals surface area contributed by atoms with Crippen molar-refractivity contribution in [3.63, 3.8) is 0 Å². The second-order valence-electron chi connectivity index (χ2n) is 6.91.